The third-order valence-electron chi connectivity index (χ3n) is 4.59. The van der Waals surface area contributed by atoms with E-state index in [0.717, 1.165) is 31.7 Å². The van der Waals surface area contributed by atoms with Crippen LogP contribution in [0.4, 0.5) is 8.78 Å². The van der Waals surface area contributed by atoms with Gasteiger partial charge in [0.1, 0.15) is 23.1 Å². The van der Waals surface area contributed by atoms with Crippen LogP contribution in [0.25, 0.3) is 12.2 Å². The minimum atomic E-state index is -0.654. The van der Waals surface area contributed by atoms with Crippen LogP contribution in [0.2, 0.25) is 0 Å². The Labute approximate surface area is 140 Å². The van der Waals surface area contributed by atoms with E-state index in [9.17, 15) is 19.0 Å². The molecule has 3 rings (SSSR count). The zero-order chi connectivity index (χ0) is 17.1. The van der Waals surface area contributed by atoms with Gasteiger partial charge in [0.2, 0.25) is 0 Å². The Kier molecular flexibility index (Phi) is 4.84. The molecule has 126 valence electrons. The molecule has 2 aromatic carbocycles. The number of aromatic hydroxyl groups is 2. The second kappa shape index (κ2) is 7.04. The van der Waals surface area contributed by atoms with Crippen molar-refractivity contribution in [1.82, 2.24) is 0 Å². The van der Waals surface area contributed by atoms with Crippen LogP contribution in [0, 0.1) is 11.6 Å². The molecule has 2 aromatic rings. The summed E-state index contributed by atoms with van der Waals surface area (Å²) in [4.78, 5) is 0. The second-order valence-corrected chi connectivity index (χ2v) is 6.31. The maximum absolute atomic E-state index is 13.6. The molecule has 0 spiro atoms. The van der Waals surface area contributed by atoms with Gasteiger partial charge in [0.25, 0.3) is 0 Å². The normalized spacial score (nSPS) is 15.9. The summed E-state index contributed by atoms with van der Waals surface area (Å²) in [5.41, 5.74) is 1.42. The predicted molar refractivity (Wildman–Crippen MR) is 90.9 cm³/mol. The van der Waals surface area contributed by atoms with E-state index in [4.69, 9.17) is 0 Å². The molecule has 0 aromatic heterocycles. The van der Waals surface area contributed by atoms with Gasteiger partial charge in [-0.1, -0.05) is 31.4 Å². The van der Waals surface area contributed by atoms with Gasteiger partial charge < -0.3 is 10.2 Å². The Morgan fingerprint density at radius 2 is 1.54 bits per heavy atom. The van der Waals surface area contributed by atoms with E-state index in [1.807, 2.05) is 0 Å². The standard InChI is InChI=1S/C20H20F2O2/c21-16-9-8-14(17(22)12-16)7-6-13-10-18(23)20(19(24)11-13)15-4-2-1-3-5-15/h6-12,15,23-24H,1-5H2. The lowest BCUT2D eigenvalue weighted by Crippen LogP contribution is -2.05. The second-order valence-electron chi connectivity index (χ2n) is 6.31. The fraction of sp³-hybridized carbons (Fsp3) is 0.300. The number of halogens is 2. The van der Waals surface area contributed by atoms with E-state index in [2.05, 4.69) is 0 Å². The van der Waals surface area contributed by atoms with E-state index < -0.39 is 11.6 Å². The fourth-order valence-corrected chi connectivity index (χ4v) is 3.37. The van der Waals surface area contributed by atoms with Crippen LogP contribution in [-0.4, -0.2) is 10.2 Å². The van der Waals surface area contributed by atoms with Crippen molar-refractivity contribution in [1.29, 1.82) is 0 Å². The van der Waals surface area contributed by atoms with Crippen LogP contribution in [0.1, 0.15) is 54.7 Å². The Bertz CT molecular complexity index is 739. The highest BCUT2D eigenvalue weighted by atomic mass is 19.1. The van der Waals surface area contributed by atoms with E-state index in [1.54, 1.807) is 18.2 Å². The Morgan fingerprint density at radius 3 is 2.17 bits per heavy atom. The van der Waals surface area contributed by atoms with Crippen LogP contribution >= 0.6 is 0 Å². The summed E-state index contributed by atoms with van der Waals surface area (Å²) in [5.74, 6) is -0.955. The van der Waals surface area contributed by atoms with E-state index in [-0.39, 0.29) is 23.0 Å². The summed E-state index contributed by atoms with van der Waals surface area (Å²) in [6.07, 6.45) is 8.42. The van der Waals surface area contributed by atoms with Crippen LogP contribution in [0.3, 0.4) is 0 Å². The van der Waals surface area contributed by atoms with Crippen molar-refractivity contribution in [3.63, 3.8) is 0 Å². The van der Waals surface area contributed by atoms with Crippen LogP contribution in [-0.2, 0) is 0 Å². The lowest BCUT2D eigenvalue weighted by Gasteiger charge is -2.23. The van der Waals surface area contributed by atoms with Crippen molar-refractivity contribution in [3.8, 4) is 11.5 Å². The molecule has 2 nitrogen and oxygen atoms in total. The molecule has 0 amide bonds. The summed E-state index contributed by atoms with van der Waals surface area (Å²) >= 11 is 0. The molecule has 0 aliphatic heterocycles. The van der Waals surface area contributed by atoms with Crippen LogP contribution < -0.4 is 0 Å². The molecule has 4 heteroatoms. The molecule has 0 bridgehead atoms. The van der Waals surface area contributed by atoms with Crippen molar-refractivity contribution >= 4 is 12.2 Å². The molecule has 0 heterocycles. The van der Waals surface area contributed by atoms with Gasteiger partial charge in [0.15, 0.2) is 0 Å². The molecule has 0 radical (unpaired) electrons. The summed E-state index contributed by atoms with van der Waals surface area (Å²) in [6, 6.07) is 6.49. The maximum atomic E-state index is 13.6. The van der Waals surface area contributed by atoms with Gasteiger partial charge in [-0.05, 0) is 48.6 Å². The first-order valence-corrected chi connectivity index (χ1v) is 8.23. The predicted octanol–water partition coefficient (Wildman–Crippen LogP) is 5.59. The zero-order valence-corrected chi connectivity index (χ0v) is 13.3. The van der Waals surface area contributed by atoms with Gasteiger partial charge in [-0.3, -0.25) is 0 Å². The first-order valence-electron chi connectivity index (χ1n) is 8.23. The smallest absolute Gasteiger partial charge is 0.133 e. The van der Waals surface area contributed by atoms with Crippen molar-refractivity contribution in [2.75, 3.05) is 0 Å². The SMILES string of the molecule is Oc1cc(C=Cc2ccc(F)cc2F)cc(O)c1C1CCCCC1. The molecule has 1 aliphatic carbocycles. The van der Waals surface area contributed by atoms with Crippen molar-refractivity contribution in [2.45, 2.75) is 38.0 Å². The molecule has 1 aliphatic rings. The van der Waals surface area contributed by atoms with E-state index in [1.165, 1.54) is 24.6 Å². The van der Waals surface area contributed by atoms with E-state index in [0.29, 0.717) is 11.1 Å². The number of hydrogen-bond acceptors (Lipinski definition) is 2. The summed E-state index contributed by atoms with van der Waals surface area (Å²) in [5, 5.41) is 20.6. The minimum absolute atomic E-state index is 0.0705. The number of benzene rings is 2. The largest absolute Gasteiger partial charge is 0.507 e. The van der Waals surface area contributed by atoms with Gasteiger partial charge >= 0.3 is 0 Å². The van der Waals surface area contributed by atoms with Crippen LogP contribution in [0.5, 0.6) is 11.5 Å². The fourth-order valence-electron chi connectivity index (χ4n) is 3.37. The monoisotopic (exact) mass is 330 g/mol. The molecule has 24 heavy (non-hydrogen) atoms. The van der Waals surface area contributed by atoms with Gasteiger partial charge in [-0.2, -0.15) is 0 Å². The van der Waals surface area contributed by atoms with E-state index >= 15 is 0 Å². The lowest BCUT2D eigenvalue weighted by atomic mass is 9.83. The first-order chi connectivity index (χ1) is 11.5. The summed E-state index contributed by atoms with van der Waals surface area (Å²) < 4.78 is 26.5. The molecule has 1 saturated carbocycles. The van der Waals surface area contributed by atoms with Crippen molar-refractivity contribution in [3.05, 3.63) is 58.7 Å². The molecule has 1 fully saturated rings. The highest BCUT2D eigenvalue weighted by molar-refractivity contribution is 5.72. The third kappa shape index (κ3) is 3.58. The summed E-state index contributed by atoms with van der Waals surface area (Å²) in [7, 11) is 0. The zero-order valence-electron chi connectivity index (χ0n) is 13.3. The Balaban J connectivity index is 1.85. The highest BCUT2D eigenvalue weighted by Crippen LogP contribution is 2.42. The van der Waals surface area contributed by atoms with Gasteiger partial charge in [-0.25, -0.2) is 8.78 Å². The van der Waals surface area contributed by atoms with Crippen LogP contribution in [0.15, 0.2) is 30.3 Å². The third-order valence-corrected chi connectivity index (χ3v) is 4.59. The van der Waals surface area contributed by atoms with Gasteiger partial charge in [0.05, 0.1) is 0 Å². The molecule has 2 N–H and O–H groups in total. The number of rotatable bonds is 3. The Morgan fingerprint density at radius 1 is 0.875 bits per heavy atom. The minimum Gasteiger partial charge on any atom is -0.507 e. The summed E-state index contributed by atoms with van der Waals surface area (Å²) in [6.45, 7) is 0. The number of hydrogen-bond donors (Lipinski definition) is 2. The van der Waals surface area contributed by atoms with Gasteiger partial charge in [0, 0.05) is 17.2 Å². The quantitative estimate of drug-likeness (QED) is 0.720. The highest BCUT2D eigenvalue weighted by Gasteiger charge is 2.22. The maximum Gasteiger partial charge on any atom is 0.133 e. The lowest BCUT2D eigenvalue weighted by molar-refractivity contribution is 0.389. The Hall–Kier alpha value is -2.36. The average molecular weight is 330 g/mol. The van der Waals surface area contributed by atoms with Crippen molar-refractivity contribution in [2.24, 2.45) is 0 Å². The number of phenols is 2. The van der Waals surface area contributed by atoms with Crippen molar-refractivity contribution < 1.29 is 19.0 Å². The number of phenolic OH excluding ortho intramolecular Hbond substituents is 2. The topological polar surface area (TPSA) is 40.5 Å². The average Bonchev–Trinajstić information content (AvgIpc) is 2.54. The molecular weight excluding hydrogens is 310 g/mol. The molecular formula is C20H20F2O2. The molecule has 0 saturated heterocycles. The first kappa shape index (κ1) is 16.5. The molecule has 0 unspecified atom stereocenters. The molecule has 0 atom stereocenters. The van der Waals surface area contributed by atoms with Gasteiger partial charge in [-0.15, -0.1) is 0 Å².